The Hall–Kier alpha value is -1.11. The van der Waals surface area contributed by atoms with E-state index in [1.807, 2.05) is 19.1 Å². The van der Waals surface area contributed by atoms with Gasteiger partial charge in [0.25, 0.3) is 5.91 Å². The highest BCUT2D eigenvalue weighted by Gasteiger charge is 2.09. The maximum atomic E-state index is 11.7. The molecule has 0 bridgehead atoms. The number of halogens is 1. The Morgan fingerprint density at radius 2 is 2.12 bits per heavy atom. The molecule has 16 heavy (non-hydrogen) atoms. The van der Waals surface area contributed by atoms with Gasteiger partial charge in [-0.1, -0.05) is 6.07 Å². The van der Waals surface area contributed by atoms with Crippen LogP contribution in [0, 0.1) is 10.5 Å². The van der Waals surface area contributed by atoms with Crippen LogP contribution in [0.15, 0.2) is 18.2 Å². The van der Waals surface area contributed by atoms with E-state index in [1.165, 1.54) is 0 Å². The Bertz CT molecular complexity index is 418. The summed E-state index contributed by atoms with van der Waals surface area (Å²) in [6, 6.07) is 5.53. The van der Waals surface area contributed by atoms with Gasteiger partial charge in [0.05, 0.1) is 0 Å². The average molecular weight is 332 g/mol. The van der Waals surface area contributed by atoms with Gasteiger partial charge in [-0.05, 0) is 47.2 Å². The SMILES string of the molecule is Cc1c(I)cccc1C(=O)NCCC(N)=O. The van der Waals surface area contributed by atoms with Gasteiger partial charge in [0, 0.05) is 22.1 Å². The van der Waals surface area contributed by atoms with E-state index in [0.717, 1.165) is 9.13 Å². The minimum atomic E-state index is -0.417. The van der Waals surface area contributed by atoms with Crippen LogP contribution in [-0.4, -0.2) is 18.4 Å². The molecule has 0 aliphatic carbocycles. The topological polar surface area (TPSA) is 72.2 Å². The first-order valence-corrected chi connectivity index (χ1v) is 5.92. The maximum absolute atomic E-state index is 11.7. The fourth-order valence-corrected chi connectivity index (χ4v) is 1.75. The summed E-state index contributed by atoms with van der Waals surface area (Å²) in [7, 11) is 0. The van der Waals surface area contributed by atoms with Gasteiger partial charge in [0.1, 0.15) is 0 Å². The quantitative estimate of drug-likeness (QED) is 0.814. The second-order valence-corrected chi connectivity index (χ2v) is 4.55. The predicted octanol–water partition coefficient (Wildman–Crippen LogP) is 1.20. The molecular weight excluding hydrogens is 319 g/mol. The lowest BCUT2D eigenvalue weighted by Crippen LogP contribution is -2.28. The zero-order valence-corrected chi connectivity index (χ0v) is 11.1. The van der Waals surface area contributed by atoms with Gasteiger partial charge in [-0.3, -0.25) is 9.59 Å². The normalized spacial score (nSPS) is 9.88. The molecule has 0 heterocycles. The summed E-state index contributed by atoms with van der Waals surface area (Å²) in [6.07, 6.45) is 0.161. The van der Waals surface area contributed by atoms with Crippen molar-refractivity contribution in [3.8, 4) is 0 Å². The van der Waals surface area contributed by atoms with E-state index < -0.39 is 5.91 Å². The Morgan fingerprint density at radius 3 is 2.75 bits per heavy atom. The Kier molecular flexibility index (Phi) is 4.72. The van der Waals surface area contributed by atoms with Gasteiger partial charge in [0.15, 0.2) is 0 Å². The van der Waals surface area contributed by atoms with Crippen molar-refractivity contribution in [2.24, 2.45) is 5.73 Å². The molecule has 0 fully saturated rings. The summed E-state index contributed by atoms with van der Waals surface area (Å²) in [6.45, 7) is 2.17. The lowest BCUT2D eigenvalue weighted by molar-refractivity contribution is -0.117. The molecule has 5 heteroatoms. The van der Waals surface area contributed by atoms with Gasteiger partial charge >= 0.3 is 0 Å². The molecule has 0 aromatic heterocycles. The second kappa shape index (κ2) is 5.83. The molecule has 0 unspecified atom stereocenters. The number of primary amides is 1. The van der Waals surface area contributed by atoms with Crippen LogP contribution < -0.4 is 11.1 Å². The van der Waals surface area contributed by atoms with Crippen LogP contribution in [0.4, 0.5) is 0 Å². The molecule has 0 aliphatic heterocycles. The zero-order chi connectivity index (χ0) is 12.1. The number of carbonyl (C=O) groups is 2. The summed E-state index contributed by atoms with van der Waals surface area (Å²) >= 11 is 2.18. The fraction of sp³-hybridized carbons (Fsp3) is 0.273. The largest absolute Gasteiger partial charge is 0.370 e. The van der Waals surface area contributed by atoms with Crippen LogP contribution in [0.2, 0.25) is 0 Å². The summed E-state index contributed by atoms with van der Waals surface area (Å²) in [5.41, 5.74) is 6.56. The Morgan fingerprint density at radius 1 is 1.44 bits per heavy atom. The third-order valence-corrected chi connectivity index (χ3v) is 3.34. The molecule has 86 valence electrons. The number of rotatable bonds is 4. The maximum Gasteiger partial charge on any atom is 0.251 e. The number of carbonyl (C=O) groups excluding carboxylic acids is 2. The minimum absolute atomic E-state index is 0.161. The van der Waals surface area contributed by atoms with Gasteiger partial charge in [-0.15, -0.1) is 0 Å². The van der Waals surface area contributed by atoms with E-state index in [1.54, 1.807) is 6.07 Å². The Labute approximate surface area is 108 Å². The number of amides is 2. The van der Waals surface area contributed by atoms with E-state index >= 15 is 0 Å². The molecule has 0 saturated heterocycles. The van der Waals surface area contributed by atoms with Crippen molar-refractivity contribution < 1.29 is 9.59 Å². The standard InChI is InChI=1S/C11H13IN2O2/c1-7-8(3-2-4-9(7)12)11(16)14-6-5-10(13)15/h2-4H,5-6H2,1H3,(H2,13,15)(H,14,16). The van der Waals surface area contributed by atoms with Crippen LogP contribution in [0.25, 0.3) is 0 Å². The van der Waals surface area contributed by atoms with Crippen LogP contribution in [0.3, 0.4) is 0 Å². The van der Waals surface area contributed by atoms with Crippen LogP contribution in [0.1, 0.15) is 22.3 Å². The first-order valence-electron chi connectivity index (χ1n) is 4.84. The lowest BCUT2D eigenvalue weighted by atomic mass is 10.1. The van der Waals surface area contributed by atoms with Crippen LogP contribution in [0.5, 0.6) is 0 Å². The van der Waals surface area contributed by atoms with E-state index in [-0.39, 0.29) is 18.9 Å². The number of benzene rings is 1. The predicted molar refractivity (Wildman–Crippen MR) is 70.0 cm³/mol. The first-order chi connectivity index (χ1) is 7.52. The number of hydrogen-bond donors (Lipinski definition) is 2. The number of nitrogens with one attached hydrogen (secondary N) is 1. The molecule has 0 saturated carbocycles. The molecule has 0 radical (unpaired) electrons. The third kappa shape index (κ3) is 3.48. The fourth-order valence-electron chi connectivity index (χ4n) is 1.25. The van der Waals surface area contributed by atoms with Crippen molar-refractivity contribution in [1.29, 1.82) is 0 Å². The molecule has 0 atom stereocenters. The van der Waals surface area contributed by atoms with Crippen LogP contribution in [-0.2, 0) is 4.79 Å². The number of nitrogens with two attached hydrogens (primary N) is 1. The van der Waals surface area contributed by atoms with Crippen molar-refractivity contribution in [3.63, 3.8) is 0 Å². The van der Waals surface area contributed by atoms with Crippen molar-refractivity contribution >= 4 is 34.4 Å². The van der Waals surface area contributed by atoms with E-state index in [0.29, 0.717) is 5.56 Å². The highest BCUT2D eigenvalue weighted by Crippen LogP contribution is 2.15. The Balaban J connectivity index is 2.66. The van der Waals surface area contributed by atoms with E-state index in [4.69, 9.17) is 5.73 Å². The van der Waals surface area contributed by atoms with Crippen LogP contribution >= 0.6 is 22.6 Å². The number of hydrogen-bond acceptors (Lipinski definition) is 2. The summed E-state index contributed by atoms with van der Waals surface area (Å²) in [5, 5.41) is 2.66. The molecule has 1 aromatic rings. The smallest absolute Gasteiger partial charge is 0.251 e. The summed E-state index contributed by atoms with van der Waals surface area (Å²) in [5.74, 6) is -0.586. The molecule has 1 rings (SSSR count). The molecule has 3 N–H and O–H groups in total. The molecule has 0 aliphatic rings. The molecule has 2 amide bonds. The third-order valence-electron chi connectivity index (χ3n) is 2.17. The molecule has 0 spiro atoms. The van der Waals surface area contributed by atoms with Crippen molar-refractivity contribution in [2.75, 3.05) is 6.54 Å². The van der Waals surface area contributed by atoms with E-state index in [2.05, 4.69) is 27.9 Å². The monoisotopic (exact) mass is 332 g/mol. The second-order valence-electron chi connectivity index (χ2n) is 3.38. The lowest BCUT2D eigenvalue weighted by Gasteiger charge is -2.07. The zero-order valence-electron chi connectivity index (χ0n) is 8.92. The first kappa shape index (κ1) is 13.0. The van der Waals surface area contributed by atoms with Gasteiger partial charge in [0.2, 0.25) is 5.91 Å². The molecule has 1 aromatic carbocycles. The molecular formula is C11H13IN2O2. The minimum Gasteiger partial charge on any atom is -0.370 e. The van der Waals surface area contributed by atoms with Gasteiger partial charge < -0.3 is 11.1 Å². The van der Waals surface area contributed by atoms with Crippen molar-refractivity contribution in [2.45, 2.75) is 13.3 Å². The average Bonchev–Trinajstić information content (AvgIpc) is 2.21. The molecule has 4 nitrogen and oxygen atoms in total. The summed E-state index contributed by atoms with van der Waals surface area (Å²) < 4.78 is 1.04. The highest BCUT2D eigenvalue weighted by atomic mass is 127. The summed E-state index contributed by atoms with van der Waals surface area (Å²) in [4.78, 5) is 22.2. The van der Waals surface area contributed by atoms with Gasteiger partial charge in [-0.25, -0.2) is 0 Å². The highest BCUT2D eigenvalue weighted by molar-refractivity contribution is 14.1. The van der Waals surface area contributed by atoms with Gasteiger partial charge in [-0.2, -0.15) is 0 Å². The van der Waals surface area contributed by atoms with Crippen molar-refractivity contribution in [3.05, 3.63) is 32.9 Å². The van der Waals surface area contributed by atoms with Crippen molar-refractivity contribution in [1.82, 2.24) is 5.32 Å². The van der Waals surface area contributed by atoms with E-state index in [9.17, 15) is 9.59 Å².